The first-order chi connectivity index (χ1) is 18.5. The summed E-state index contributed by atoms with van der Waals surface area (Å²) in [5.74, 6) is -0.785. The van der Waals surface area contributed by atoms with E-state index in [1.807, 2.05) is 0 Å². The highest BCUT2D eigenvalue weighted by Crippen LogP contribution is 2.37. The second-order valence-electron chi connectivity index (χ2n) is 8.78. The molecule has 0 aromatic heterocycles. The summed E-state index contributed by atoms with van der Waals surface area (Å²) in [6.07, 6.45) is 2.07. The Hall–Kier alpha value is -1.92. The average Bonchev–Trinajstić information content (AvgIpc) is 2.90. The number of ether oxygens (including phenoxy) is 2. The molecule has 39 heavy (non-hydrogen) atoms. The number of phenols is 1. The minimum Gasteiger partial charge on any atom is -0.506 e. The van der Waals surface area contributed by atoms with Crippen LogP contribution in [0.5, 0.6) is 17.2 Å². The molecule has 0 saturated carbocycles. The smallest absolute Gasteiger partial charge is 0.235 e. The lowest BCUT2D eigenvalue weighted by Crippen LogP contribution is -2.37. The third-order valence-electron chi connectivity index (χ3n) is 5.96. The third-order valence-corrected chi connectivity index (χ3v) is 8.35. The van der Waals surface area contributed by atoms with Crippen LogP contribution in [-0.2, 0) is 16.0 Å². The van der Waals surface area contributed by atoms with Gasteiger partial charge >= 0.3 is 0 Å². The zero-order chi connectivity index (χ0) is 28.7. The van der Waals surface area contributed by atoms with E-state index in [1.165, 1.54) is 0 Å². The van der Waals surface area contributed by atoms with Crippen LogP contribution in [0, 0.1) is 5.92 Å². The van der Waals surface area contributed by atoms with Crippen LogP contribution >= 0.6 is 63.7 Å². The maximum atomic E-state index is 13.7. The van der Waals surface area contributed by atoms with E-state index < -0.39 is 23.7 Å². The van der Waals surface area contributed by atoms with E-state index in [1.54, 1.807) is 55.6 Å². The van der Waals surface area contributed by atoms with Gasteiger partial charge in [-0.15, -0.1) is 0 Å². The van der Waals surface area contributed by atoms with Crippen molar-refractivity contribution in [2.24, 2.45) is 11.7 Å². The summed E-state index contributed by atoms with van der Waals surface area (Å²) in [6.45, 7) is 2.70. The van der Waals surface area contributed by atoms with Gasteiger partial charge in [-0.3, -0.25) is 9.59 Å². The molecule has 11 heteroatoms. The normalized spacial score (nSPS) is 12.5. The van der Waals surface area contributed by atoms with Crippen molar-refractivity contribution in [1.82, 2.24) is 0 Å². The van der Waals surface area contributed by atoms with Crippen molar-refractivity contribution in [3.05, 3.63) is 77.5 Å². The number of hydrogen-bond donors (Lipinski definition) is 3. The van der Waals surface area contributed by atoms with Crippen molar-refractivity contribution in [2.45, 2.75) is 32.2 Å². The maximum Gasteiger partial charge on any atom is 0.235 e. The Kier molecular flexibility index (Phi) is 11.9. The number of hydrogen-bond acceptors (Lipinski definition) is 6. The Morgan fingerprint density at radius 1 is 0.974 bits per heavy atom. The first-order valence-electron chi connectivity index (χ1n) is 12.1. The average molecular weight is 792 g/mol. The van der Waals surface area contributed by atoms with Crippen LogP contribution in [0.2, 0.25) is 0 Å². The van der Waals surface area contributed by atoms with Gasteiger partial charge in [0, 0.05) is 5.69 Å². The number of halogens is 4. The molecular weight excluding hydrogens is 764 g/mol. The summed E-state index contributed by atoms with van der Waals surface area (Å²) >= 11 is 13.5. The van der Waals surface area contributed by atoms with Crippen molar-refractivity contribution in [3.63, 3.8) is 0 Å². The molecule has 7 nitrogen and oxygen atoms in total. The number of aromatic hydroxyl groups is 1. The SMILES string of the molecule is CCCCOc1ccc(C(N)C(=O)[C@@H](Cc2cc(Br)c(OC)c(Br)c2)C(=O)Nc2cc(Br)c(O)c(Br)c2)cc1. The summed E-state index contributed by atoms with van der Waals surface area (Å²) in [7, 11) is 1.55. The van der Waals surface area contributed by atoms with Crippen LogP contribution in [0.25, 0.3) is 0 Å². The molecular formula is C28H28Br4N2O5. The van der Waals surface area contributed by atoms with E-state index in [4.69, 9.17) is 15.2 Å². The fraction of sp³-hybridized carbons (Fsp3) is 0.286. The molecule has 0 aliphatic rings. The van der Waals surface area contributed by atoms with Crippen LogP contribution in [-0.4, -0.2) is 30.5 Å². The Morgan fingerprint density at radius 2 is 1.56 bits per heavy atom. The molecule has 1 amide bonds. The first-order valence-corrected chi connectivity index (χ1v) is 15.3. The van der Waals surface area contributed by atoms with Crippen LogP contribution in [0.15, 0.2) is 66.4 Å². The summed E-state index contributed by atoms with van der Waals surface area (Å²) in [5, 5.41) is 12.8. The van der Waals surface area contributed by atoms with Gasteiger partial charge in [0.15, 0.2) is 5.78 Å². The maximum absolute atomic E-state index is 13.7. The zero-order valence-corrected chi connectivity index (χ0v) is 27.6. The highest BCUT2D eigenvalue weighted by molar-refractivity contribution is 9.11. The van der Waals surface area contributed by atoms with Crippen molar-refractivity contribution in [1.29, 1.82) is 0 Å². The van der Waals surface area contributed by atoms with Gasteiger partial charge in [-0.1, -0.05) is 25.5 Å². The van der Waals surface area contributed by atoms with E-state index in [-0.39, 0.29) is 12.2 Å². The molecule has 0 aliphatic heterocycles. The van der Waals surface area contributed by atoms with E-state index in [0.29, 0.717) is 47.2 Å². The fourth-order valence-electron chi connectivity index (χ4n) is 3.84. The summed E-state index contributed by atoms with van der Waals surface area (Å²) in [4.78, 5) is 27.3. The number of nitrogens with two attached hydrogens (primary N) is 1. The topological polar surface area (TPSA) is 111 Å². The molecule has 3 rings (SSSR count). The number of amides is 1. The van der Waals surface area contributed by atoms with Gasteiger partial charge < -0.3 is 25.6 Å². The van der Waals surface area contributed by atoms with Crippen LogP contribution in [0.3, 0.4) is 0 Å². The standard InChI is InChI=1S/C28H28Br4N2O5/c1-3-4-9-39-18-7-5-16(6-8-18)24(33)25(35)19(10-15-11-22(31)27(38-2)23(32)12-15)28(37)34-17-13-20(29)26(36)21(30)14-17/h5-8,11-14,19,24,36H,3-4,9-10,33H2,1-2H3,(H,34,37)/t19-,24?/m1/s1. The number of phenolic OH excluding ortho intramolecular Hbond substituents is 1. The molecule has 3 aromatic rings. The Morgan fingerprint density at radius 3 is 2.10 bits per heavy atom. The number of benzene rings is 3. The number of carbonyl (C=O) groups excluding carboxylic acids is 2. The Labute approximate surface area is 261 Å². The second kappa shape index (κ2) is 14.6. The van der Waals surface area contributed by atoms with E-state index in [9.17, 15) is 14.7 Å². The highest BCUT2D eigenvalue weighted by atomic mass is 79.9. The molecule has 3 aromatic carbocycles. The van der Waals surface area contributed by atoms with Gasteiger partial charge in [-0.2, -0.15) is 0 Å². The van der Waals surface area contributed by atoms with Crippen LogP contribution in [0.4, 0.5) is 5.69 Å². The number of rotatable bonds is 12. The molecule has 0 saturated heterocycles. The molecule has 4 N–H and O–H groups in total. The van der Waals surface area contributed by atoms with Gasteiger partial charge in [-0.05, 0) is 124 Å². The largest absolute Gasteiger partial charge is 0.506 e. The molecule has 208 valence electrons. The quantitative estimate of drug-likeness (QED) is 0.0986. The predicted molar refractivity (Wildman–Crippen MR) is 167 cm³/mol. The molecule has 1 unspecified atom stereocenters. The van der Waals surface area contributed by atoms with Gasteiger partial charge in [0.1, 0.15) is 23.2 Å². The van der Waals surface area contributed by atoms with Crippen LogP contribution < -0.4 is 20.5 Å². The third kappa shape index (κ3) is 8.29. The number of unbranched alkanes of at least 4 members (excludes halogenated alkanes) is 1. The molecule has 0 heterocycles. The number of nitrogens with one attached hydrogen (secondary N) is 1. The van der Waals surface area contributed by atoms with E-state index >= 15 is 0 Å². The lowest BCUT2D eigenvalue weighted by Gasteiger charge is -2.21. The highest BCUT2D eigenvalue weighted by Gasteiger charge is 2.32. The van der Waals surface area contributed by atoms with Crippen molar-refractivity contribution in [3.8, 4) is 17.2 Å². The number of carbonyl (C=O) groups is 2. The minimum atomic E-state index is -1.11. The van der Waals surface area contributed by atoms with Gasteiger partial charge in [0.25, 0.3) is 0 Å². The molecule has 0 fully saturated rings. The molecule has 2 atom stereocenters. The Balaban J connectivity index is 1.90. The lowest BCUT2D eigenvalue weighted by atomic mass is 9.88. The minimum absolute atomic E-state index is 0.00213. The number of Topliss-reactive ketones (excluding diaryl/α,β-unsaturated/α-hetero) is 1. The first kappa shape index (κ1) is 31.6. The molecule has 0 spiro atoms. The molecule has 0 aliphatic carbocycles. The Bertz CT molecular complexity index is 1290. The van der Waals surface area contributed by atoms with Crippen molar-refractivity contribution in [2.75, 3.05) is 19.0 Å². The molecule has 0 bridgehead atoms. The van der Waals surface area contributed by atoms with Crippen LogP contribution in [0.1, 0.15) is 36.9 Å². The van der Waals surface area contributed by atoms with Crippen molar-refractivity contribution < 1.29 is 24.2 Å². The molecule has 0 radical (unpaired) electrons. The zero-order valence-electron chi connectivity index (χ0n) is 21.3. The van der Waals surface area contributed by atoms with Gasteiger partial charge in [0.2, 0.25) is 5.91 Å². The summed E-state index contributed by atoms with van der Waals surface area (Å²) < 4.78 is 13.2. The number of ketones is 1. The van der Waals surface area contributed by atoms with E-state index in [2.05, 4.69) is 76.0 Å². The van der Waals surface area contributed by atoms with Gasteiger partial charge in [0.05, 0.1) is 37.6 Å². The van der Waals surface area contributed by atoms with Gasteiger partial charge in [-0.25, -0.2) is 0 Å². The lowest BCUT2D eigenvalue weighted by molar-refractivity contribution is -0.132. The number of anilines is 1. The number of methoxy groups -OCH3 is 1. The predicted octanol–water partition coefficient (Wildman–Crippen LogP) is 7.70. The fourth-order valence-corrected chi connectivity index (χ4v) is 6.63. The van der Waals surface area contributed by atoms with E-state index in [0.717, 1.165) is 18.4 Å². The monoisotopic (exact) mass is 788 g/mol. The van der Waals surface area contributed by atoms with Crippen molar-refractivity contribution >= 4 is 81.1 Å². The summed E-state index contributed by atoms with van der Waals surface area (Å²) in [6, 6.07) is 12.7. The second-order valence-corrected chi connectivity index (χ2v) is 12.2. The summed E-state index contributed by atoms with van der Waals surface area (Å²) in [5.41, 5.74) is 8.11.